The van der Waals surface area contributed by atoms with Crippen LogP contribution in [0.1, 0.15) is 0 Å². The highest BCUT2D eigenvalue weighted by molar-refractivity contribution is 7.99. The van der Waals surface area contributed by atoms with Crippen LogP contribution in [0.4, 0.5) is 27.4 Å². The quantitative estimate of drug-likeness (QED) is 0.375. The third-order valence-corrected chi connectivity index (χ3v) is 5.29. The highest BCUT2D eigenvalue weighted by Gasteiger charge is 2.26. The van der Waals surface area contributed by atoms with E-state index in [1.807, 2.05) is 9.47 Å². The highest BCUT2D eigenvalue weighted by atomic mass is 32.2. The van der Waals surface area contributed by atoms with Gasteiger partial charge < -0.3 is 10.2 Å². The van der Waals surface area contributed by atoms with E-state index in [-0.39, 0.29) is 23.2 Å². The van der Waals surface area contributed by atoms with E-state index >= 15 is 0 Å². The average molecular weight is 414 g/mol. The molecule has 1 amide bonds. The van der Waals surface area contributed by atoms with Gasteiger partial charge in [0.2, 0.25) is 11.9 Å². The van der Waals surface area contributed by atoms with E-state index in [1.165, 1.54) is 48.2 Å². The number of anilines is 3. The lowest BCUT2D eigenvalue weighted by molar-refractivity contribution is -0.384. The van der Waals surface area contributed by atoms with E-state index in [2.05, 4.69) is 15.5 Å². The lowest BCUT2D eigenvalue weighted by Crippen LogP contribution is -2.14. The van der Waals surface area contributed by atoms with Crippen molar-refractivity contribution in [2.45, 2.75) is 11.7 Å². The van der Waals surface area contributed by atoms with Crippen molar-refractivity contribution in [2.24, 2.45) is 0 Å². The number of nitro benzene ring substituents is 1. The number of rotatable bonds is 6. The van der Waals surface area contributed by atoms with Crippen LogP contribution in [0.3, 0.4) is 0 Å². The Balaban J connectivity index is 1.37. The van der Waals surface area contributed by atoms with Crippen molar-refractivity contribution >= 4 is 40.7 Å². The van der Waals surface area contributed by atoms with Crippen molar-refractivity contribution in [3.63, 3.8) is 0 Å². The number of aromatic nitrogens is 3. The molecular formula is C18H15FN6O3S. The predicted molar refractivity (Wildman–Crippen MR) is 106 cm³/mol. The largest absolute Gasteiger partial charge is 0.325 e. The molecular weight excluding hydrogens is 399 g/mol. The van der Waals surface area contributed by atoms with Crippen molar-refractivity contribution in [1.29, 1.82) is 0 Å². The molecule has 1 aliphatic rings. The molecule has 0 unspecified atom stereocenters. The lowest BCUT2D eigenvalue weighted by Gasteiger charge is -2.14. The molecule has 11 heteroatoms. The van der Waals surface area contributed by atoms with Crippen molar-refractivity contribution in [3.8, 4) is 0 Å². The fourth-order valence-electron chi connectivity index (χ4n) is 2.94. The van der Waals surface area contributed by atoms with Gasteiger partial charge in [-0.3, -0.25) is 19.5 Å². The fraction of sp³-hybridized carbons (Fsp3) is 0.167. The summed E-state index contributed by atoms with van der Waals surface area (Å²) < 4.78 is 15.0. The molecule has 1 aromatic heterocycles. The number of nitrogens with zero attached hydrogens (tertiary/aromatic N) is 5. The van der Waals surface area contributed by atoms with E-state index in [9.17, 15) is 19.3 Å². The molecule has 0 saturated heterocycles. The molecule has 9 nitrogen and oxygen atoms in total. The van der Waals surface area contributed by atoms with Gasteiger partial charge >= 0.3 is 0 Å². The molecule has 0 atom stereocenters. The molecule has 0 saturated carbocycles. The Morgan fingerprint density at radius 1 is 1.14 bits per heavy atom. The van der Waals surface area contributed by atoms with E-state index in [0.29, 0.717) is 29.9 Å². The smallest absolute Gasteiger partial charge is 0.269 e. The molecule has 2 heterocycles. The third kappa shape index (κ3) is 4.04. The van der Waals surface area contributed by atoms with Gasteiger partial charge in [-0.15, -0.1) is 10.2 Å². The number of halogens is 1. The topological polar surface area (TPSA) is 106 Å². The van der Waals surface area contributed by atoms with Gasteiger partial charge in [0, 0.05) is 36.6 Å². The van der Waals surface area contributed by atoms with Crippen LogP contribution in [0, 0.1) is 15.9 Å². The molecule has 0 bridgehead atoms. The van der Waals surface area contributed by atoms with Crippen LogP contribution in [0.5, 0.6) is 0 Å². The summed E-state index contributed by atoms with van der Waals surface area (Å²) in [6.07, 6.45) is 0. The summed E-state index contributed by atoms with van der Waals surface area (Å²) in [5, 5.41) is 22.3. The molecule has 29 heavy (non-hydrogen) atoms. The maximum Gasteiger partial charge on any atom is 0.269 e. The lowest BCUT2D eigenvalue weighted by atomic mass is 10.3. The number of nitro groups is 1. The van der Waals surface area contributed by atoms with Gasteiger partial charge in [-0.05, 0) is 36.4 Å². The second-order valence-electron chi connectivity index (χ2n) is 6.20. The van der Waals surface area contributed by atoms with Crippen LogP contribution in [-0.4, -0.2) is 37.9 Å². The van der Waals surface area contributed by atoms with Crippen molar-refractivity contribution in [1.82, 2.24) is 14.8 Å². The fourth-order valence-corrected chi connectivity index (χ4v) is 3.70. The Morgan fingerprint density at radius 2 is 1.86 bits per heavy atom. The summed E-state index contributed by atoms with van der Waals surface area (Å²) in [6, 6.07) is 11.8. The summed E-state index contributed by atoms with van der Waals surface area (Å²) in [5.74, 6) is 0.209. The molecule has 0 aliphatic carbocycles. The van der Waals surface area contributed by atoms with Crippen molar-refractivity contribution < 1.29 is 14.1 Å². The Labute approximate surface area is 168 Å². The number of benzene rings is 2. The van der Waals surface area contributed by atoms with E-state index in [1.54, 1.807) is 12.1 Å². The normalized spacial score (nSPS) is 12.7. The van der Waals surface area contributed by atoms with Crippen LogP contribution < -0.4 is 10.2 Å². The summed E-state index contributed by atoms with van der Waals surface area (Å²) >= 11 is 1.25. The molecule has 1 N–H and O–H groups in total. The molecule has 3 aromatic rings. The molecule has 0 fully saturated rings. The van der Waals surface area contributed by atoms with Crippen LogP contribution in [0.15, 0.2) is 53.7 Å². The van der Waals surface area contributed by atoms with Gasteiger partial charge in [-0.1, -0.05) is 11.8 Å². The zero-order valence-electron chi connectivity index (χ0n) is 15.0. The molecule has 2 aromatic carbocycles. The van der Waals surface area contributed by atoms with Gasteiger partial charge in [0.25, 0.3) is 5.69 Å². The molecule has 0 radical (unpaired) electrons. The maximum atomic E-state index is 13.1. The van der Waals surface area contributed by atoms with Crippen LogP contribution >= 0.6 is 11.8 Å². The van der Waals surface area contributed by atoms with Gasteiger partial charge in [-0.2, -0.15) is 0 Å². The van der Waals surface area contributed by atoms with Gasteiger partial charge in [0.1, 0.15) is 5.82 Å². The Bertz CT molecular complexity index is 1050. The predicted octanol–water partition coefficient (Wildman–Crippen LogP) is 3.21. The number of non-ortho nitro benzene ring substituents is 1. The molecule has 4 rings (SSSR count). The van der Waals surface area contributed by atoms with Crippen LogP contribution in [0.2, 0.25) is 0 Å². The first-order chi connectivity index (χ1) is 14.0. The van der Waals surface area contributed by atoms with Gasteiger partial charge in [0.15, 0.2) is 5.16 Å². The molecule has 1 aliphatic heterocycles. The monoisotopic (exact) mass is 414 g/mol. The zero-order valence-corrected chi connectivity index (χ0v) is 15.8. The summed E-state index contributed by atoms with van der Waals surface area (Å²) in [6.45, 7) is 1.34. The van der Waals surface area contributed by atoms with Gasteiger partial charge in [-0.25, -0.2) is 4.39 Å². The molecule has 148 valence electrons. The SMILES string of the molecule is O=C(CSc1nnc2n1CCN2c1ccc(F)cc1)Nc1ccc([N+](=O)[O-])cc1. The Hall–Kier alpha value is -3.47. The number of hydrogen-bond donors (Lipinski definition) is 1. The number of hydrogen-bond acceptors (Lipinski definition) is 7. The van der Waals surface area contributed by atoms with E-state index < -0.39 is 4.92 Å². The van der Waals surface area contributed by atoms with Crippen molar-refractivity contribution in [2.75, 3.05) is 22.5 Å². The van der Waals surface area contributed by atoms with E-state index in [4.69, 9.17) is 0 Å². The minimum atomic E-state index is -0.497. The first kappa shape index (κ1) is 18.9. The number of thioether (sulfide) groups is 1. The zero-order chi connectivity index (χ0) is 20.4. The summed E-state index contributed by atoms with van der Waals surface area (Å²) in [5.41, 5.74) is 1.27. The van der Waals surface area contributed by atoms with E-state index in [0.717, 1.165) is 5.69 Å². The Kier molecular flexibility index (Phi) is 5.12. The minimum Gasteiger partial charge on any atom is -0.325 e. The van der Waals surface area contributed by atoms with Crippen LogP contribution in [0.25, 0.3) is 0 Å². The third-order valence-electron chi connectivity index (χ3n) is 4.32. The number of nitrogens with one attached hydrogen (secondary N) is 1. The summed E-state index contributed by atoms with van der Waals surface area (Å²) in [4.78, 5) is 24.3. The summed E-state index contributed by atoms with van der Waals surface area (Å²) in [7, 11) is 0. The number of carbonyl (C=O) groups excluding carboxylic acids is 1. The minimum absolute atomic E-state index is 0.0397. The average Bonchev–Trinajstić information content (AvgIpc) is 3.30. The second-order valence-corrected chi connectivity index (χ2v) is 7.15. The standard InChI is InChI=1S/C18H15FN6O3S/c19-12-1-5-14(6-2-12)23-9-10-24-17(23)21-22-18(24)29-11-16(26)20-13-3-7-15(8-4-13)25(27)28/h1-8H,9-11H2,(H,20,26). The number of fused-ring (bicyclic) bond motifs is 1. The Morgan fingerprint density at radius 3 is 2.55 bits per heavy atom. The number of carbonyl (C=O) groups is 1. The maximum absolute atomic E-state index is 13.1. The number of amides is 1. The van der Waals surface area contributed by atoms with Crippen molar-refractivity contribution in [3.05, 3.63) is 64.5 Å². The van der Waals surface area contributed by atoms with Crippen LogP contribution in [-0.2, 0) is 11.3 Å². The van der Waals surface area contributed by atoms with Gasteiger partial charge in [0.05, 0.1) is 10.7 Å². The first-order valence-corrected chi connectivity index (χ1v) is 9.63. The highest BCUT2D eigenvalue weighted by Crippen LogP contribution is 2.32. The second kappa shape index (κ2) is 7.87. The first-order valence-electron chi connectivity index (χ1n) is 8.65. The molecule has 0 spiro atoms.